The molecule has 4 nitrogen and oxygen atoms in total. The van der Waals surface area contributed by atoms with Crippen LogP contribution in [0.15, 0.2) is 84.9 Å². The van der Waals surface area contributed by atoms with Crippen LogP contribution >= 0.6 is 0 Å². The highest BCUT2D eigenvalue weighted by Crippen LogP contribution is 2.18. The first-order valence-corrected chi connectivity index (χ1v) is 12.2. The molecule has 0 saturated carbocycles. The Morgan fingerprint density at radius 1 is 0.794 bits per heavy atom. The number of rotatable bonds is 11. The molecule has 1 N–H and O–H groups in total. The molecule has 0 aromatic heterocycles. The quantitative estimate of drug-likeness (QED) is 0.413. The highest BCUT2D eigenvalue weighted by Gasteiger charge is 2.29. The first kappa shape index (κ1) is 25.2. The average Bonchev–Trinajstić information content (AvgIpc) is 2.86. The highest BCUT2D eigenvalue weighted by atomic mass is 16.2. The Bertz CT molecular complexity index is 1030. The van der Waals surface area contributed by atoms with Gasteiger partial charge in [-0.15, -0.1) is 0 Å². The molecule has 0 aliphatic heterocycles. The minimum atomic E-state index is -0.571. The molecule has 0 fully saturated rings. The van der Waals surface area contributed by atoms with Gasteiger partial charge in [0.15, 0.2) is 0 Å². The van der Waals surface area contributed by atoms with Gasteiger partial charge in [0, 0.05) is 25.9 Å². The maximum absolute atomic E-state index is 13.6. The SMILES string of the molecule is CCNC(=O)[C@H](Cc1ccccc1)N(Cc1ccccc1)C(=O)CCc1ccc(C(C)C)cc1. The van der Waals surface area contributed by atoms with Crippen LogP contribution in [0.1, 0.15) is 55.4 Å². The molecule has 0 saturated heterocycles. The Labute approximate surface area is 204 Å². The molecular formula is C30H36N2O2. The smallest absolute Gasteiger partial charge is 0.243 e. The molecule has 3 aromatic rings. The van der Waals surface area contributed by atoms with Crippen molar-refractivity contribution >= 4 is 11.8 Å². The predicted molar refractivity (Wildman–Crippen MR) is 138 cm³/mol. The largest absolute Gasteiger partial charge is 0.355 e. The fraction of sp³-hybridized carbons (Fsp3) is 0.333. The maximum atomic E-state index is 13.6. The second kappa shape index (κ2) is 12.7. The van der Waals surface area contributed by atoms with E-state index in [-0.39, 0.29) is 11.8 Å². The van der Waals surface area contributed by atoms with Gasteiger partial charge in [-0.1, -0.05) is 98.8 Å². The number of nitrogens with one attached hydrogen (secondary N) is 1. The fourth-order valence-electron chi connectivity index (χ4n) is 4.09. The van der Waals surface area contributed by atoms with Crippen LogP contribution in [0.3, 0.4) is 0 Å². The van der Waals surface area contributed by atoms with Crippen LogP contribution in [0.5, 0.6) is 0 Å². The van der Waals surface area contributed by atoms with Gasteiger partial charge in [-0.25, -0.2) is 0 Å². The summed E-state index contributed by atoms with van der Waals surface area (Å²) in [7, 11) is 0. The second-order valence-electron chi connectivity index (χ2n) is 9.00. The van der Waals surface area contributed by atoms with Crippen molar-refractivity contribution in [3.05, 3.63) is 107 Å². The molecular weight excluding hydrogens is 420 g/mol. The third kappa shape index (κ3) is 7.31. The standard InChI is InChI=1S/C30H36N2O2/c1-4-31-30(34)28(21-25-11-7-5-8-12-25)32(22-26-13-9-6-10-14-26)29(33)20-17-24-15-18-27(19-16-24)23(2)3/h5-16,18-19,23,28H,4,17,20-22H2,1-3H3,(H,31,34)/t28-/m0/s1. The lowest BCUT2D eigenvalue weighted by Gasteiger charge is -2.31. The van der Waals surface area contributed by atoms with Gasteiger partial charge in [-0.05, 0) is 41.5 Å². The van der Waals surface area contributed by atoms with Crippen molar-refractivity contribution < 1.29 is 9.59 Å². The molecule has 1 atom stereocenters. The molecule has 0 radical (unpaired) electrons. The van der Waals surface area contributed by atoms with E-state index in [1.807, 2.05) is 67.6 Å². The molecule has 4 heteroatoms. The third-order valence-corrected chi connectivity index (χ3v) is 6.09. The number of hydrogen-bond acceptors (Lipinski definition) is 2. The van der Waals surface area contributed by atoms with Crippen LogP contribution in [0.2, 0.25) is 0 Å². The molecule has 178 valence electrons. The minimum absolute atomic E-state index is 0.0102. The van der Waals surface area contributed by atoms with Gasteiger partial charge in [-0.3, -0.25) is 9.59 Å². The second-order valence-corrected chi connectivity index (χ2v) is 9.00. The van der Waals surface area contributed by atoms with E-state index >= 15 is 0 Å². The summed E-state index contributed by atoms with van der Waals surface area (Å²) in [5.74, 6) is 0.355. The molecule has 34 heavy (non-hydrogen) atoms. The van der Waals surface area contributed by atoms with Crippen molar-refractivity contribution in [2.24, 2.45) is 0 Å². The summed E-state index contributed by atoms with van der Waals surface area (Å²) < 4.78 is 0. The predicted octanol–water partition coefficient (Wildman–Crippen LogP) is 5.52. The van der Waals surface area contributed by atoms with E-state index < -0.39 is 6.04 Å². The lowest BCUT2D eigenvalue weighted by molar-refractivity contribution is -0.141. The molecule has 0 aliphatic carbocycles. The van der Waals surface area contributed by atoms with Crippen LogP contribution in [0, 0.1) is 0 Å². The Kier molecular flexibility index (Phi) is 9.45. The number of carbonyl (C=O) groups excluding carboxylic acids is 2. The summed E-state index contributed by atoms with van der Waals surface area (Å²) in [5, 5.41) is 2.94. The summed E-state index contributed by atoms with van der Waals surface area (Å²) in [4.78, 5) is 28.5. The number of likely N-dealkylation sites (N-methyl/N-ethyl adjacent to an activating group) is 1. The Balaban J connectivity index is 1.83. The number of nitrogens with zero attached hydrogens (tertiary/aromatic N) is 1. The topological polar surface area (TPSA) is 49.4 Å². The van der Waals surface area contributed by atoms with Gasteiger partial charge in [0.05, 0.1) is 0 Å². The summed E-state index contributed by atoms with van der Waals surface area (Å²) in [6.45, 7) is 7.18. The molecule has 0 heterocycles. The number of hydrogen-bond donors (Lipinski definition) is 1. The van der Waals surface area contributed by atoms with E-state index in [0.29, 0.717) is 38.3 Å². The van der Waals surface area contributed by atoms with Gasteiger partial charge in [0.1, 0.15) is 6.04 Å². The molecule has 3 rings (SSSR count). The van der Waals surface area contributed by atoms with E-state index in [1.165, 1.54) is 5.56 Å². The van der Waals surface area contributed by atoms with Gasteiger partial charge >= 0.3 is 0 Å². The molecule has 0 spiro atoms. The van der Waals surface area contributed by atoms with E-state index in [1.54, 1.807) is 4.90 Å². The Morgan fingerprint density at radius 2 is 1.38 bits per heavy atom. The lowest BCUT2D eigenvalue weighted by atomic mass is 9.99. The van der Waals surface area contributed by atoms with Crippen molar-refractivity contribution in [2.75, 3.05) is 6.54 Å². The monoisotopic (exact) mass is 456 g/mol. The normalized spacial score (nSPS) is 11.8. The minimum Gasteiger partial charge on any atom is -0.355 e. The first-order chi connectivity index (χ1) is 16.5. The van der Waals surface area contributed by atoms with Crippen LogP contribution in [0.4, 0.5) is 0 Å². The molecule has 0 unspecified atom stereocenters. The van der Waals surface area contributed by atoms with E-state index in [2.05, 4.69) is 43.4 Å². The summed E-state index contributed by atoms with van der Waals surface area (Å²) in [6.07, 6.45) is 1.49. The van der Waals surface area contributed by atoms with E-state index in [0.717, 1.165) is 16.7 Å². The van der Waals surface area contributed by atoms with Crippen LogP contribution in [-0.2, 0) is 29.0 Å². The Morgan fingerprint density at radius 3 is 1.94 bits per heavy atom. The Hall–Kier alpha value is -3.40. The van der Waals surface area contributed by atoms with Crippen molar-refractivity contribution in [3.8, 4) is 0 Å². The summed E-state index contributed by atoms with van der Waals surface area (Å²) >= 11 is 0. The van der Waals surface area contributed by atoms with E-state index in [9.17, 15) is 9.59 Å². The number of benzene rings is 3. The number of aryl methyl sites for hydroxylation is 1. The van der Waals surface area contributed by atoms with Crippen molar-refractivity contribution in [1.82, 2.24) is 10.2 Å². The molecule has 0 aliphatic rings. The van der Waals surface area contributed by atoms with Crippen LogP contribution < -0.4 is 5.32 Å². The van der Waals surface area contributed by atoms with Gasteiger partial charge < -0.3 is 10.2 Å². The highest BCUT2D eigenvalue weighted by molar-refractivity contribution is 5.88. The molecule has 2 amide bonds. The summed E-state index contributed by atoms with van der Waals surface area (Å²) in [5.41, 5.74) is 4.48. The van der Waals surface area contributed by atoms with Crippen molar-refractivity contribution in [2.45, 2.75) is 58.5 Å². The van der Waals surface area contributed by atoms with Gasteiger partial charge in [0.25, 0.3) is 0 Å². The zero-order valence-electron chi connectivity index (χ0n) is 20.5. The average molecular weight is 457 g/mol. The van der Waals surface area contributed by atoms with Gasteiger partial charge in [0.2, 0.25) is 11.8 Å². The zero-order valence-corrected chi connectivity index (χ0v) is 20.5. The zero-order chi connectivity index (χ0) is 24.3. The van der Waals surface area contributed by atoms with Crippen LogP contribution in [0.25, 0.3) is 0 Å². The third-order valence-electron chi connectivity index (χ3n) is 6.09. The number of carbonyl (C=O) groups is 2. The van der Waals surface area contributed by atoms with E-state index in [4.69, 9.17) is 0 Å². The fourth-order valence-corrected chi connectivity index (χ4v) is 4.09. The molecule has 0 bridgehead atoms. The maximum Gasteiger partial charge on any atom is 0.243 e. The van der Waals surface area contributed by atoms with Gasteiger partial charge in [-0.2, -0.15) is 0 Å². The first-order valence-electron chi connectivity index (χ1n) is 12.2. The van der Waals surface area contributed by atoms with Crippen LogP contribution in [-0.4, -0.2) is 29.3 Å². The number of amides is 2. The lowest BCUT2D eigenvalue weighted by Crippen LogP contribution is -2.50. The van der Waals surface area contributed by atoms with Crippen molar-refractivity contribution in [3.63, 3.8) is 0 Å². The summed E-state index contributed by atoms with van der Waals surface area (Å²) in [6, 6.07) is 27.7. The molecule has 3 aromatic carbocycles. The van der Waals surface area contributed by atoms with Crippen molar-refractivity contribution in [1.29, 1.82) is 0 Å².